The summed E-state index contributed by atoms with van der Waals surface area (Å²) in [5, 5.41) is 10.9. The molecule has 2 N–H and O–H groups in total. The van der Waals surface area contributed by atoms with Gasteiger partial charge in [0.05, 0.1) is 0 Å². The molecule has 6 nitrogen and oxygen atoms in total. The average molecular weight is 342 g/mol. The number of benzene rings is 1. The first-order chi connectivity index (χ1) is 12.3. The maximum atomic E-state index is 4.66. The van der Waals surface area contributed by atoms with E-state index >= 15 is 0 Å². The van der Waals surface area contributed by atoms with E-state index in [4.69, 9.17) is 0 Å². The van der Waals surface area contributed by atoms with Crippen molar-refractivity contribution in [3.8, 4) is 0 Å². The number of aromatic nitrogens is 2. The molecule has 0 saturated carbocycles. The van der Waals surface area contributed by atoms with Crippen LogP contribution in [0.1, 0.15) is 19.8 Å². The Morgan fingerprint density at radius 2 is 2.00 bits per heavy atom. The molecule has 1 aromatic heterocycles. The summed E-state index contributed by atoms with van der Waals surface area (Å²) in [5.74, 6) is 0.894. The van der Waals surface area contributed by atoms with E-state index < -0.39 is 0 Å². The molecule has 0 unspecified atom stereocenters. The highest BCUT2D eigenvalue weighted by atomic mass is 15.3. The molecular weight excluding hydrogens is 312 g/mol. The fourth-order valence-electron chi connectivity index (χ4n) is 2.53. The smallest absolute Gasteiger partial charge is 0.191 e. The van der Waals surface area contributed by atoms with E-state index in [1.165, 1.54) is 5.69 Å². The van der Waals surface area contributed by atoms with Crippen LogP contribution in [0.5, 0.6) is 0 Å². The van der Waals surface area contributed by atoms with E-state index in [0.717, 1.165) is 51.5 Å². The number of anilines is 1. The van der Waals surface area contributed by atoms with Crippen molar-refractivity contribution in [3.05, 3.63) is 48.8 Å². The Hall–Kier alpha value is -2.50. The minimum Gasteiger partial charge on any atom is -0.375 e. The molecule has 136 valence electrons. The molecule has 0 spiro atoms. The summed E-state index contributed by atoms with van der Waals surface area (Å²) in [7, 11) is 2.12. The number of hydrogen-bond donors (Lipinski definition) is 2. The summed E-state index contributed by atoms with van der Waals surface area (Å²) >= 11 is 0. The molecule has 1 aromatic carbocycles. The van der Waals surface area contributed by atoms with Crippen LogP contribution >= 0.6 is 0 Å². The molecule has 25 heavy (non-hydrogen) atoms. The van der Waals surface area contributed by atoms with Gasteiger partial charge in [0.2, 0.25) is 0 Å². The summed E-state index contributed by atoms with van der Waals surface area (Å²) in [4.78, 5) is 6.92. The van der Waals surface area contributed by atoms with Gasteiger partial charge in [-0.3, -0.25) is 9.67 Å². The molecular formula is C19H30N6. The van der Waals surface area contributed by atoms with E-state index in [2.05, 4.69) is 63.9 Å². The summed E-state index contributed by atoms with van der Waals surface area (Å²) in [6.07, 6.45) is 5.84. The third kappa shape index (κ3) is 7.28. The fourth-order valence-corrected chi connectivity index (χ4v) is 2.53. The zero-order chi connectivity index (χ0) is 17.7. The highest BCUT2D eigenvalue weighted by molar-refractivity contribution is 5.79. The van der Waals surface area contributed by atoms with E-state index in [-0.39, 0.29) is 0 Å². The standard InChI is InChI=1S/C19H30N6/c1-3-20-19(22-13-8-16-25-17-9-14-23-25)21-12-7-15-24(2)18-10-5-4-6-11-18/h4-6,9-11,14,17H,3,7-8,12-13,15-16H2,1-2H3,(H2,20,21,22). The Morgan fingerprint density at radius 3 is 2.72 bits per heavy atom. The second-order valence-electron chi connectivity index (χ2n) is 5.92. The predicted octanol–water partition coefficient (Wildman–Crippen LogP) is 2.35. The summed E-state index contributed by atoms with van der Waals surface area (Å²) in [5.41, 5.74) is 1.25. The number of guanidine groups is 1. The predicted molar refractivity (Wildman–Crippen MR) is 105 cm³/mol. The van der Waals surface area contributed by atoms with Gasteiger partial charge in [-0.2, -0.15) is 5.10 Å². The third-order valence-electron chi connectivity index (χ3n) is 3.88. The van der Waals surface area contributed by atoms with Crippen molar-refractivity contribution in [2.75, 3.05) is 38.1 Å². The molecule has 0 bridgehead atoms. The molecule has 1 heterocycles. The van der Waals surface area contributed by atoms with Crippen LogP contribution in [0.3, 0.4) is 0 Å². The van der Waals surface area contributed by atoms with Gasteiger partial charge in [0.25, 0.3) is 0 Å². The number of para-hydroxylation sites is 1. The number of nitrogens with one attached hydrogen (secondary N) is 2. The molecule has 0 saturated heterocycles. The highest BCUT2D eigenvalue weighted by Crippen LogP contribution is 2.10. The highest BCUT2D eigenvalue weighted by Gasteiger charge is 2.00. The maximum absolute atomic E-state index is 4.66. The maximum Gasteiger partial charge on any atom is 0.191 e. The van der Waals surface area contributed by atoms with Crippen LogP contribution in [-0.2, 0) is 6.54 Å². The van der Waals surface area contributed by atoms with Gasteiger partial charge in [-0.15, -0.1) is 0 Å². The Labute approximate surface area is 151 Å². The van der Waals surface area contributed by atoms with Gasteiger partial charge in [0.15, 0.2) is 5.96 Å². The van der Waals surface area contributed by atoms with Crippen molar-refractivity contribution in [2.24, 2.45) is 4.99 Å². The average Bonchev–Trinajstić information content (AvgIpc) is 3.16. The first kappa shape index (κ1) is 18.8. The van der Waals surface area contributed by atoms with Gasteiger partial charge in [-0.25, -0.2) is 0 Å². The lowest BCUT2D eigenvalue weighted by atomic mass is 10.3. The molecule has 2 aromatic rings. The van der Waals surface area contributed by atoms with Crippen LogP contribution in [0, 0.1) is 0 Å². The Balaban J connectivity index is 1.66. The summed E-state index contributed by atoms with van der Waals surface area (Å²) in [6.45, 7) is 6.56. The van der Waals surface area contributed by atoms with E-state index in [1.54, 1.807) is 0 Å². The van der Waals surface area contributed by atoms with Crippen molar-refractivity contribution in [2.45, 2.75) is 26.3 Å². The number of rotatable bonds is 10. The molecule has 0 fully saturated rings. The third-order valence-corrected chi connectivity index (χ3v) is 3.88. The minimum absolute atomic E-state index is 0.811. The molecule has 0 aliphatic heterocycles. The first-order valence-corrected chi connectivity index (χ1v) is 9.05. The lowest BCUT2D eigenvalue weighted by Gasteiger charge is -2.18. The van der Waals surface area contributed by atoms with Crippen LogP contribution < -0.4 is 15.5 Å². The molecule has 0 aliphatic rings. The van der Waals surface area contributed by atoms with Gasteiger partial charge in [-0.05, 0) is 38.0 Å². The molecule has 0 atom stereocenters. The van der Waals surface area contributed by atoms with Crippen LogP contribution in [0.25, 0.3) is 0 Å². The molecule has 6 heteroatoms. The lowest BCUT2D eigenvalue weighted by molar-refractivity contribution is 0.570. The second-order valence-corrected chi connectivity index (χ2v) is 5.92. The van der Waals surface area contributed by atoms with E-state index in [0.29, 0.717) is 0 Å². The molecule has 2 rings (SSSR count). The zero-order valence-electron chi connectivity index (χ0n) is 15.4. The van der Waals surface area contributed by atoms with Gasteiger partial charge in [0, 0.05) is 57.9 Å². The van der Waals surface area contributed by atoms with Gasteiger partial charge in [-0.1, -0.05) is 18.2 Å². The van der Waals surface area contributed by atoms with Gasteiger partial charge < -0.3 is 15.5 Å². The summed E-state index contributed by atoms with van der Waals surface area (Å²) < 4.78 is 1.95. The van der Waals surface area contributed by atoms with Crippen molar-refractivity contribution in [3.63, 3.8) is 0 Å². The normalized spacial score (nSPS) is 11.4. The Morgan fingerprint density at radius 1 is 1.16 bits per heavy atom. The van der Waals surface area contributed by atoms with E-state index in [1.807, 2.05) is 29.2 Å². The number of nitrogens with zero attached hydrogens (tertiary/aromatic N) is 4. The Kier molecular flexibility index (Phi) is 8.38. The van der Waals surface area contributed by atoms with Crippen molar-refractivity contribution in [1.82, 2.24) is 20.4 Å². The van der Waals surface area contributed by atoms with Crippen LogP contribution in [-0.4, -0.2) is 49.0 Å². The van der Waals surface area contributed by atoms with Crippen LogP contribution in [0.4, 0.5) is 5.69 Å². The SMILES string of the molecule is CCNC(=NCCCN(C)c1ccccc1)NCCCn1cccn1. The van der Waals surface area contributed by atoms with E-state index in [9.17, 15) is 0 Å². The quantitative estimate of drug-likeness (QED) is 0.395. The van der Waals surface area contributed by atoms with Crippen molar-refractivity contribution < 1.29 is 0 Å². The molecule has 0 radical (unpaired) electrons. The largest absolute Gasteiger partial charge is 0.375 e. The van der Waals surface area contributed by atoms with Gasteiger partial charge >= 0.3 is 0 Å². The zero-order valence-corrected chi connectivity index (χ0v) is 15.4. The fraction of sp³-hybridized carbons (Fsp3) is 0.474. The van der Waals surface area contributed by atoms with Crippen molar-refractivity contribution >= 4 is 11.6 Å². The molecule has 0 amide bonds. The number of hydrogen-bond acceptors (Lipinski definition) is 3. The number of aliphatic imine (C=N–C) groups is 1. The molecule has 0 aliphatic carbocycles. The van der Waals surface area contributed by atoms with Crippen LogP contribution in [0.15, 0.2) is 53.8 Å². The first-order valence-electron chi connectivity index (χ1n) is 9.05. The minimum atomic E-state index is 0.811. The second kappa shape index (κ2) is 11.1. The Bertz CT molecular complexity index is 594. The monoisotopic (exact) mass is 342 g/mol. The van der Waals surface area contributed by atoms with Gasteiger partial charge in [0.1, 0.15) is 0 Å². The topological polar surface area (TPSA) is 57.5 Å². The van der Waals surface area contributed by atoms with Crippen LogP contribution in [0.2, 0.25) is 0 Å². The van der Waals surface area contributed by atoms with Crippen molar-refractivity contribution in [1.29, 1.82) is 0 Å². The lowest BCUT2D eigenvalue weighted by Crippen LogP contribution is -2.38. The summed E-state index contributed by atoms with van der Waals surface area (Å²) in [6, 6.07) is 12.4. The number of aryl methyl sites for hydroxylation is 1.